The quantitative estimate of drug-likeness (QED) is 0.947. The molecule has 92 valence electrons. The molecular formula is C12H11BrN4O. The smallest absolute Gasteiger partial charge is 0.213 e. The van der Waals surface area contributed by atoms with Crippen LogP contribution in [0.2, 0.25) is 0 Å². The zero-order valence-electron chi connectivity index (χ0n) is 9.94. The molecule has 1 aromatic carbocycles. The van der Waals surface area contributed by atoms with Crippen LogP contribution in [0.4, 0.5) is 11.5 Å². The van der Waals surface area contributed by atoms with E-state index in [1.807, 2.05) is 12.1 Å². The first kappa shape index (κ1) is 12.5. The standard InChI is InChI=1S/C12H11BrN4O/c1-17-12(18-2)6-11(16-17)15-10-5-9(13)4-3-8(10)7-14/h3-6H,1-2H3,(H,15,16). The van der Waals surface area contributed by atoms with E-state index in [1.165, 1.54) is 0 Å². The molecule has 2 aromatic rings. The predicted octanol–water partition coefficient (Wildman–Crippen LogP) is 2.81. The van der Waals surface area contributed by atoms with Crippen LogP contribution in [0.5, 0.6) is 5.88 Å². The second kappa shape index (κ2) is 5.10. The summed E-state index contributed by atoms with van der Waals surface area (Å²) in [4.78, 5) is 0. The summed E-state index contributed by atoms with van der Waals surface area (Å²) in [6.45, 7) is 0. The van der Waals surface area contributed by atoms with Gasteiger partial charge in [-0.15, -0.1) is 0 Å². The van der Waals surface area contributed by atoms with E-state index in [0.717, 1.165) is 4.47 Å². The van der Waals surface area contributed by atoms with Gasteiger partial charge in [-0.05, 0) is 18.2 Å². The van der Waals surface area contributed by atoms with Crippen LogP contribution < -0.4 is 10.1 Å². The van der Waals surface area contributed by atoms with Crippen molar-refractivity contribution in [3.05, 3.63) is 34.3 Å². The Hall–Kier alpha value is -2.00. The van der Waals surface area contributed by atoms with E-state index in [1.54, 1.807) is 31.0 Å². The number of aryl methyl sites for hydroxylation is 1. The fraction of sp³-hybridized carbons (Fsp3) is 0.167. The number of benzene rings is 1. The average molecular weight is 307 g/mol. The van der Waals surface area contributed by atoms with Gasteiger partial charge in [0.2, 0.25) is 5.88 Å². The molecule has 2 rings (SSSR count). The van der Waals surface area contributed by atoms with E-state index in [0.29, 0.717) is 22.9 Å². The summed E-state index contributed by atoms with van der Waals surface area (Å²) in [6.07, 6.45) is 0. The average Bonchev–Trinajstić information content (AvgIpc) is 2.70. The Morgan fingerprint density at radius 2 is 2.22 bits per heavy atom. The molecule has 0 aliphatic heterocycles. The number of rotatable bonds is 3. The first-order valence-corrected chi connectivity index (χ1v) is 5.98. The Labute approximate surface area is 113 Å². The molecular weight excluding hydrogens is 296 g/mol. The van der Waals surface area contributed by atoms with Gasteiger partial charge in [0, 0.05) is 17.6 Å². The lowest BCUT2D eigenvalue weighted by Gasteiger charge is -2.05. The molecule has 1 heterocycles. The summed E-state index contributed by atoms with van der Waals surface area (Å²) in [7, 11) is 3.37. The Morgan fingerprint density at radius 3 is 2.83 bits per heavy atom. The van der Waals surface area contributed by atoms with Crippen LogP contribution in [0.1, 0.15) is 5.56 Å². The highest BCUT2D eigenvalue weighted by atomic mass is 79.9. The SMILES string of the molecule is COc1cc(Nc2cc(Br)ccc2C#N)nn1C. The number of nitriles is 1. The highest BCUT2D eigenvalue weighted by molar-refractivity contribution is 9.10. The molecule has 0 radical (unpaired) electrons. The summed E-state index contributed by atoms with van der Waals surface area (Å²) in [5.41, 5.74) is 1.26. The van der Waals surface area contributed by atoms with Crippen molar-refractivity contribution in [3.8, 4) is 11.9 Å². The van der Waals surface area contributed by atoms with Crippen molar-refractivity contribution in [3.63, 3.8) is 0 Å². The van der Waals surface area contributed by atoms with Crippen molar-refractivity contribution in [2.45, 2.75) is 0 Å². The van der Waals surface area contributed by atoms with Crippen molar-refractivity contribution < 1.29 is 4.74 Å². The van der Waals surface area contributed by atoms with E-state index < -0.39 is 0 Å². The summed E-state index contributed by atoms with van der Waals surface area (Å²) >= 11 is 3.37. The van der Waals surface area contributed by atoms with Gasteiger partial charge in [0.05, 0.1) is 18.4 Å². The third-order valence-corrected chi connectivity index (χ3v) is 2.90. The van der Waals surface area contributed by atoms with Crippen LogP contribution in [0, 0.1) is 11.3 Å². The van der Waals surface area contributed by atoms with Crippen LogP contribution in [0.3, 0.4) is 0 Å². The second-order valence-electron chi connectivity index (χ2n) is 3.62. The largest absolute Gasteiger partial charge is 0.481 e. The van der Waals surface area contributed by atoms with E-state index in [-0.39, 0.29) is 0 Å². The van der Waals surface area contributed by atoms with Crippen LogP contribution in [0.25, 0.3) is 0 Å². The monoisotopic (exact) mass is 306 g/mol. The molecule has 0 saturated heterocycles. The van der Waals surface area contributed by atoms with Crippen molar-refractivity contribution in [2.75, 3.05) is 12.4 Å². The summed E-state index contributed by atoms with van der Waals surface area (Å²) in [6, 6.07) is 9.29. The molecule has 0 atom stereocenters. The van der Waals surface area contributed by atoms with Gasteiger partial charge in [-0.2, -0.15) is 10.4 Å². The predicted molar refractivity (Wildman–Crippen MR) is 71.9 cm³/mol. The van der Waals surface area contributed by atoms with Crippen molar-refractivity contribution in [1.29, 1.82) is 5.26 Å². The lowest BCUT2D eigenvalue weighted by atomic mass is 10.2. The van der Waals surface area contributed by atoms with Crippen molar-refractivity contribution >= 4 is 27.4 Å². The number of anilines is 2. The van der Waals surface area contributed by atoms with Gasteiger partial charge in [0.15, 0.2) is 5.82 Å². The molecule has 0 fully saturated rings. The van der Waals surface area contributed by atoms with Gasteiger partial charge in [-0.25, -0.2) is 4.68 Å². The third-order valence-electron chi connectivity index (χ3n) is 2.41. The first-order chi connectivity index (χ1) is 8.63. The summed E-state index contributed by atoms with van der Waals surface area (Å²) in [5, 5.41) is 16.4. The summed E-state index contributed by atoms with van der Waals surface area (Å²) in [5.74, 6) is 1.27. The van der Waals surface area contributed by atoms with Gasteiger partial charge >= 0.3 is 0 Å². The van der Waals surface area contributed by atoms with Crippen LogP contribution in [-0.4, -0.2) is 16.9 Å². The molecule has 0 unspecified atom stereocenters. The van der Waals surface area contributed by atoms with E-state index in [4.69, 9.17) is 10.00 Å². The topological polar surface area (TPSA) is 62.9 Å². The number of nitrogens with zero attached hydrogens (tertiary/aromatic N) is 3. The Kier molecular flexibility index (Phi) is 3.53. The minimum absolute atomic E-state index is 0.558. The zero-order chi connectivity index (χ0) is 13.1. The highest BCUT2D eigenvalue weighted by Gasteiger charge is 2.08. The molecule has 6 heteroatoms. The van der Waals surface area contributed by atoms with Crippen LogP contribution >= 0.6 is 15.9 Å². The maximum atomic E-state index is 9.04. The van der Waals surface area contributed by atoms with E-state index >= 15 is 0 Å². The highest BCUT2D eigenvalue weighted by Crippen LogP contribution is 2.25. The molecule has 0 saturated carbocycles. The van der Waals surface area contributed by atoms with Crippen molar-refractivity contribution in [2.24, 2.45) is 7.05 Å². The van der Waals surface area contributed by atoms with Crippen molar-refractivity contribution in [1.82, 2.24) is 9.78 Å². The molecule has 0 aliphatic rings. The third kappa shape index (κ3) is 2.46. The van der Waals surface area contributed by atoms with E-state index in [9.17, 15) is 0 Å². The number of halogens is 1. The fourth-order valence-electron chi connectivity index (χ4n) is 1.56. The number of hydrogen-bond donors (Lipinski definition) is 1. The molecule has 0 amide bonds. The molecule has 5 nitrogen and oxygen atoms in total. The minimum atomic E-state index is 0.558. The van der Waals surface area contributed by atoms with Gasteiger partial charge in [0.1, 0.15) is 6.07 Å². The Balaban J connectivity index is 2.33. The fourth-order valence-corrected chi connectivity index (χ4v) is 1.92. The number of hydrogen-bond acceptors (Lipinski definition) is 4. The molecule has 0 spiro atoms. The van der Waals surface area contributed by atoms with Gasteiger partial charge in [-0.1, -0.05) is 15.9 Å². The lowest BCUT2D eigenvalue weighted by Crippen LogP contribution is -1.97. The first-order valence-electron chi connectivity index (χ1n) is 5.18. The number of nitrogens with one attached hydrogen (secondary N) is 1. The van der Waals surface area contributed by atoms with Gasteiger partial charge < -0.3 is 10.1 Å². The van der Waals surface area contributed by atoms with Gasteiger partial charge in [0.25, 0.3) is 0 Å². The molecule has 1 N–H and O–H groups in total. The number of ether oxygens (including phenoxy) is 1. The summed E-state index contributed by atoms with van der Waals surface area (Å²) < 4.78 is 7.64. The second-order valence-corrected chi connectivity index (χ2v) is 4.54. The Morgan fingerprint density at radius 1 is 1.44 bits per heavy atom. The van der Waals surface area contributed by atoms with E-state index in [2.05, 4.69) is 32.4 Å². The molecule has 1 aromatic heterocycles. The minimum Gasteiger partial charge on any atom is -0.481 e. The molecule has 0 aliphatic carbocycles. The molecule has 0 bridgehead atoms. The lowest BCUT2D eigenvalue weighted by molar-refractivity contribution is 0.373. The van der Waals surface area contributed by atoms with Crippen LogP contribution in [0.15, 0.2) is 28.7 Å². The number of methoxy groups -OCH3 is 1. The Bertz CT molecular complexity index is 615. The molecule has 18 heavy (non-hydrogen) atoms. The zero-order valence-corrected chi connectivity index (χ0v) is 11.5. The van der Waals surface area contributed by atoms with Crippen LogP contribution in [-0.2, 0) is 7.05 Å². The van der Waals surface area contributed by atoms with Gasteiger partial charge in [-0.3, -0.25) is 0 Å². The normalized spacial score (nSPS) is 9.89. The maximum Gasteiger partial charge on any atom is 0.213 e. The maximum absolute atomic E-state index is 9.04. The number of aromatic nitrogens is 2.